The molecule has 0 saturated heterocycles. The second kappa shape index (κ2) is 5.45. The van der Waals surface area contributed by atoms with Gasteiger partial charge in [-0.15, -0.1) is 0 Å². The van der Waals surface area contributed by atoms with Crippen LogP contribution in [-0.2, 0) is 9.59 Å². The van der Waals surface area contributed by atoms with Gasteiger partial charge in [0.25, 0.3) is 0 Å². The molecule has 74 valence electrons. The van der Waals surface area contributed by atoms with Crippen molar-refractivity contribution >= 4 is 11.8 Å². The Morgan fingerprint density at radius 2 is 1.93 bits per heavy atom. The number of phenols is 1. The number of benzene rings is 1. The van der Waals surface area contributed by atoms with Gasteiger partial charge in [-0.25, -0.2) is 0 Å². The van der Waals surface area contributed by atoms with Crippen molar-refractivity contribution in [3.05, 3.63) is 33.9 Å². The van der Waals surface area contributed by atoms with Crippen molar-refractivity contribution in [2.45, 2.75) is 6.92 Å². The molecule has 6 nitrogen and oxygen atoms in total. The van der Waals surface area contributed by atoms with Gasteiger partial charge in [0, 0.05) is 6.07 Å². The minimum atomic E-state index is -0.609. The molecule has 0 aromatic heterocycles. The van der Waals surface area contributed by atoms with E-state index >= 15 is 0 Å². The molecular weight excluding hydrogens is 190 g/mol. The summed E-state index contributed by atoms with van der Waals surface area (Å²) >= 11 is 0. The third-order valence-corrected chi connectivity index (χ3v) is 1.33. The fourth-order valence-corrected chi connectivity index (χ4v) is 0.780. The maximum absolute atomic E-state index is 10.2. The van der Waals surface area contributed by atoms with E-state index in [1.807, 2.05) is 0 Å². The third kappa shape index (κ3) is 3.46. The van der Waals surface area contributed by atoms with Gasteiger partial charge < -0.3 is 5.11 Å². The molecular formula is C8H7NO5. The fourth-order valence-electron chi connectivity index (χ4n) is 0.780. The number of aromatic hydroxyl groups is 1. The number of carbonyl (C=O) groups excluding carboxylic acids is 2. The lowest BCUT2D eigenvalue weighted by Gasteiger charge is -1.95. The molecule has 0 unspecified atom stereocenters. The molecule has 0 aliphatic heterocycles. The molecule has 0 atom stereocenters. The molecule has 6 heteroatoms. The number of phenolic OH excluding ortho intramolecular Hbond substituents is 1. The van der Waals surface area contributed by atoms with Crippen LogP contribution in [0.1, 0.15) is 5.56 Å². The predicted molar refractivity (Wildman–Crippen MR) is 44.5 cm³/mol. The van der Waals surface area contributed by atoms with Gasteiger partial charge in [0.05, 0.1) is 4.92 Å². The van der Waals surface area contributed by atoms with Gasteiger partial charge in [-0.3, -0.25) is 10.1 Å². The van der Waals surface area contributed by atoms with Gasteiger partial charge in [0.1, 0.15) is 0 Å². The van der Waals surface area contributed by atoms with E-state index in [1.165, 1.54) is 12.1 Å². The highest BCUT2D eigenvalue weighted by Crippen LogP contribution is 2.25. The lowest BCUT2D eigenvalue weighted by atomic mass is 10.2. The molecule has 0 bridgehead atoms. The molecule has 0 aliphatic carbocycles. The first-order chi connectivity index (χ1) is 6.52. The average molecular weight is 197 g/mol. The van der Waals surface area contributed by atoms with E-state index in [0.29, 0.717) is 0 Å². The van der Waals surface area contributed by atoms with Crippen molar-refractivity contribution in [3.63, 3.8) is 0 Å². The number of hydrogen-bond acceptors (Lipinski definition) is 5. The lowest BCUT2D eigenvalue weighted by Crippen LogP contribution is -1.88. The number of nitrogens with zero attached hydrogens (tertiary/aromatic N) is 1. The van der Waals surface area contributed by atoms with Gasteiger partial charge in [-0.2, -0.15) is 9.59 Å². The summed E-state index contributed by atoms with van der Waals surface area (Å²) < 4.78 is 0. The van der Waals surface area contributed by atoms with E-state index in [0.717, 1.165) is 5.56 Å². The first kappa shape index (κ1) is 11.8. The molecule has 1 aromatic carbocycles. The Bertz CT molecular complexity index is 368. The van der Waals surface area contributed by atoms with Crippen molar-refractivity contribution in [2.75, 3.05) is 0 Å². The zero-order chi connectivity index (χ0) is 11.1. The smallest absolute Gasteiger partial charge is 0.373 e. The molecule has 1 rings (SSSR count). The van der Waals surface area contributed by atoms with Gasteiger partial charge in [-0.1, -0.05) is 6.07 Å². The van der Waals surface area contributed by atoms with Crippen LogP contribution in [0.3, 0.4) is 0 Å². The van der Waals surface area contributed by atoms with Crippen LogP contribution in [0, 0.1) is 17.0 Å². The fraction of sp³-hybridized carbons (Fsp3) is 0.125. The topological polar surface area (TPSA) is 97.5 Å². The standard InChI is InChI=1S/C7H7NO3.CO2/c1-5-2-3-7(9)6(4-5)8(10)11;2-1-3/h2-4,9H,1H3;. The Balaban J connectivity index is 0.000000500. The quantitative estimate of drug-likeness (QED) is 0.535. The largest absolute Gasteiger partial charge is 0.502 e. The molecule has 0 saturated carbocycles. The van der Waals surface area contributed by atoms with Gasteiger partial charge in [-0.05, 0) is 18.6 Å². The van der Waals surface area contributed by atoms with E-state index in [2.05, 4.69) is 0 Å². The van der Waals surface area contributed by atoms with Crippen molar-refractivity contribution in [1.29, 1.82) is 0 Å². The molecule has 0 radical (unpaired) electrons. The Morgan fingerprint density at radius 3 is 2.29 bits per heavy atom. The van der Waals surface area contributed by atoms with E-state index in [4.69, 9.17) is 14.7 Å². The molecule has 0 amide bonds. The molecule has 0 spiro atoms. The second-order valence-electron chi connectivity index (χ2n) is 2.33. The molecule has 1 aromatic rings. The number of nitro benzene ring substituents is 1. The van der Waals surface area contributed by atoms with Crippen molar-refractivity contribution < 1.29 is 19.6 Å². The Labute approximate surface area is 78.9 Å². The van der Waals surface area contributed by atoms with Crippen LogP contribution in [0.15, 0.2) is 18.2 Å². The summed E-state index contributed by atoms with van der Waals surface area (Å²) in [5, 5.41) is 19.2. The van der Waals surface area contributed by atoms with Crippen molar-refractivity contribution in [2.24, 2.45) is 0 Å². The van der Waals surface area contributed by atoms with E-state index < -0.39 is 4.92 Å². The number of rotatable bonds is 1. The predicted octanol–water partition coefficient (Wildman–Crippen LogP) is 1.03. The summed E-state index contributed by atoms with van der Waals surface area (Å²) in [5.41, 5.74) is 0.513. The Hall–Kier alpha value is -2.20. The van der Waals surface area contributed by atoms with E-state index in [9.17, 15) is 10.1 Å². The number of hydrogen-bond donors (Lipinski definition) is 1. The van der Waals surface area contributed by atoms with Crippen LogP contribution in [0.25, 0.3) is 0 Å². The minimum Gasteiger partial charge on any atom is -0.502 e. The average Bonchev–Trinajstić information content (AvgIpc) is 2.10. The molecule has 14 heavy (non-hydrogen) atoms. The number of aryl methyl sites for hydroxylation is 1. The summed E-state index contributed by atoms with van der Waals surface area (Å²) in [4.78, 5) is 25.9. The highest BCUT2D eigenvalue weighted by molar-refractivity contribution is 5.47. The summed E-state index contributed by atoms with van der Waals surface area (Å²) in [6.07, 6.45) is 0.250. The van der Waals surface area contributed by atoms with E-state index in [1.54, 1.807) is 13.0 Å². The SMILES string of the molecule is Cc1ccc(O)c([N+](=O)[O-])c1.O=C=O. The van der Waals surface area contributed by atoms with Gasteiger partial charge in [0.15, 0.2) is 5.75 Å². The van der Waals surface area contributed by atoms with Crippen LogP contribution < -0.4 is 0 Å². The summed E-state index contributed by atoms with van der Waals surface area (Å²) in [7, 11) is 0. The van der Waals surface area contributed by atoms with Crippen LogP contribution in [0.2, 0.25) is 0 Å². The number of nitro groups is 1. The van der Waals surface area contributed by atoms with Crippen LogP contribution in [0.5, 0.6) is 5.75 Å². The van der Waals surface area contributed by atoms with Crippen LogP contribution in [-0.4, -0.2) is 16.2 Å². The minimum absolute atomic E-state index is 0.245. The van der Waals surface area contributed by atoms with Gasteiger partial charge >= 0.3 is 11.8 Å². The van der Waals surface area contributed by atoms with Crippen LogP contribution in [0.4, 0.5) is 5.69 Å². The third-order valence-electron chi connectivity index (χ3n) is 1.33. The zero-order valence-corrected chi connectivity index (χ0v) is 7.26. The first-order valence-corrected chi connectivity index (χ1v) is 3.46. The van der Waals surface area contributed by atoms with Crippen molar-refractivity contribution in [1.82, 2.24) is 0 Å². The monoisotopic (exact) mass is 197 g/mol. The zero-order valence-electron chi connectivity index (χ0n) is 7.26. The molecule has 0 aliphatic rings. The molecule has 1 N–H and O–H groups in total. The maximum atomic E-state index is 10.2. The Kier molecular flexibility index (Phi) is 4.59. The lowest BCUT2D eigenvalue weighted by molar-refractivity contribution is -0.385. The van der Waals surface area contributed by atoms with E-state index in [-0.39, 0.29) is 17.6 Å². The highest BCUT2D eigenvalue weighted by atomic mass is 16.6. The highest BCUT2D eigenvalue weighted by Gasteiger charge is 2.11. The molecule has 0 heterocycles. The molecule has 0 fully saturated rings. The normalized spacial score (nSPS) is 8.07. The summed E-state index contributed by atoms with van der Waals surface area (Å²) in [6, 6.07) is 4.26. The van der Waals surface area contributed by atoms with Crippen molar-refractivity contribution in [3.8, 4) is 5.75 Å². The second-order valence-corrected chi connectivity index (χ2v) is 2.33. The maximum Gasteiger partial charge on any atom is 0.373 e. The Morgan fingerprint density at radius 1 is 1.43 bits per heavy atom. The first-order valence-electron chi connectivity index (χ1n) is 3.46. The summed E-state index contributed by atoms with van der Waals surface area (Å²) in [5.74, 6) is -0.291. The van der Waals surface area contributed by atoms with Gasteiger partial charge in [0.2, 0.25) is 0 Å². The van der Waals surface area contributed by atoms with Crippen LogP contribution >= 0.6 is 0 Å². The summed E-state index contributed by atoms with van der Waals surface area (Å²) in [6.45, 7) is 1.73.